The number of fused-ring (bicyclic) bond motifs is 1. The van der Waals surface area contributed by atoms with E-state index < -0.39 is 0 Å². The van der Waals surface area contributed by atoms with Gasteiger partial charge in [-0.1, -0.05) is 30.7 Å². The summed E-state index contributed by atoms with van der Waals surface area (Å²) in [4.78, 5) is 0. The van der Waals surface area contributed by atoms with Crippen LogP contribution in [0.5, 0.6) is 0 Å². The van der Waals surface area contributed by atoms with Crippen LogP contribution in [0.2, 0.25) is 0 Å². The van der Waals surface area contributed by atoms with E-state index in [0.29, 0.717) is 5.92 Å². The molecule has 1 saturated carbocycles. The number of hydrogen-bond donors (Lipinski definition) is 1. The summed E-state index contributed by atoms with van der Waals surface area (Å²) in [5, 5.41) is 9.81. The van der Waals surface area contributed by atoms with Gasteiger partial charge in [0.1, 0.15) is 0 Å². The molecule has 1 heteroatoms. The first-order valence-corrected chi connectivity index (χ1v) is 5.57. The third kappa shape index (κ3) is 1.35. The van der Waals surface area contributed by atoms with E-state index in [0.717, 1.165) is 12.8 Å². The van der Waals surface area contributed by atoms with Gasteiger partial charge < -0.3 is 5.11 Å². The average molecular weight is 192 g/mol. The molecule has 0 spiro atoms. The van der Waals surface area contributed by atoms with Crippen molar-refractivity contribution in [2.75, 3.05) is 0 Å². The maximum atomic E-state index is 9.81. The van der Waals surface area contributed by atoms with Gasteiger partial charge in [-0.15, -0.1) is 0 Å². The largest absolute Gasteiger partial charge is 0.393 e. The van der Waals surface area contributed by atoms with Crippen LogP contribution in [0.4, 0.5) is 0 Å². The lowest BCUT2D eigenvalue weighted by Gasteiger charge is -2.48. The second-order valence-electron chi connectivity index (χ2n) is 5.15. The van der Waals surface area contributed by atoms with Gasteiger partial charge in [0.25, 0.3) is 0 Å². The first-order chi connectivity index (χ1) is 6.54. The molecule has 0 heterocycles. The van der Waals surface area contributed by atoms with Gasteiger partial charge in [-0.3, -0.25) is 0 Å². The standard InChI is InChI=1S/C13H20O/c1-9-7-11(14)8-13(3)10(2)5-4-6-12(9)13/h5,11-12,14H,1,4,6-8H2,2-3H3/t11-,12+,13-/m0/s1. The fourth-order valence-corrected chi connectivity index (χ4v) is 3.26. The molecule has 1 nitrogen and oxygen atoms in total. The van der Waals surface area contributed by atoms with Crippen molar-refractivity contribution >= 4 is 0 Å². The van der Waals surface area contributed by atoms with Crippen LogP contribution in [0.1, 0.15) is 39.5 Å². The summed E-state index contributed by atoms with van der Waals surface area (Å²) in [6.45, 7) is 8.64. The fraction of sp³-hybridized carbons (Fsp3) is 0.692. The maximum absolute atomic E-state index is 9.81. The number of rotatable bonds is 0. The van der Waals surface area contributed by atoms with Crippen LogP contribution in [-0.4, -0.2) is 11.2 Å². The van der Waals surface area contributed by atoms with E-state index in [1.165, 1.54) is 24.0 Å². The lowest BCUT2D eigenvalue weighted by molar-refractivity contribution is 0.0598. The molecule has 0 radical (unpaired) electrons. The minimum Gasteiger partial charge on any atom is -0.393 e. The normalized spacial score (nSPS) is 43.1. The average Bonchev–Trinajstić information content (AvgIpc) is 2.07. The molecule has 0 aliphatic heterocycles. The van der Waals surface area contributed by atoms with Crippen LogP contribution in [0.15, 0.2) is 23.8 Å². The Morgan fingerprint density at radius 1 is 1.57 bits per heavy atom. The molecule has 1 fully saturated rings. The predicted molar refractivity (Wildman–Crippen MR) is 59.0 cm³/mol. The van der Waals surface area contributed by atoms with Crippen molar-refractivity contribution in [1.29, 1.82) is 0 Å². The van der Waals surface area contributed by atoms with Crippen molar-refractivity contribution in [2.45, 2.75) is 45.6 Å². The quantitative estimate of drug-likeness (QED) is 0.585. The lowest BCUT2D eigenvalue weighted by Crippen LogP contribution is -2.40. The van der Waals surface area contributed by atoms with Crippen LogP contribution in [0.3, 0.4) is 0 Å². The molecule has 0 aromatic carbocycles. The lowest BCUT2D eigenvalue weighted by atomic mass is 9.58. The third-order valence-corrected chi connectivity index (χ3v) is 4.23. The molecule has 3 atom stereocenters. The Morgan fingerprint density at radius 2 is 2.29 bits per heavy atom. The Balaban J connectivity index is 2.35. The van der Waals surface area contributed by atoms with E-state index in [4.69, 9.17) is 0 Å². The van der Waals surface area contributed by atoms with Gasteiger partial charge in [-0.05, 0) is 43.9 Å². The minimum atomic E-state index is -0.176. The Bertz CT molecular complexity index is 290. The summed E-state index contributed by atoms with van der Waals surface area (Å²) >= 11 is 0. The van der Waals surface area contributed by atoms with Crippen LogP contribution >= 0.6 is 0 Å². The van der Waals surface area contributed by atoms with Gasteiger partial charge in [-0.25, -0.2) is 0 Å². The minimum absolute atomic E-state index is 0.176. The number of aliphatic hydroxyl groups is 1. The van der Waals surface area contributed by atoms with E-state index in [2.05, 4.69) is 26.5 Å². The van der Waals surface area contributed by atoms with Crippen molar-refractivity contribution in [1.82, 2.24) is 0 Å². The van der Waals surface area contributed by atoms with Gasteiger partial charge in [0.15, 0.2) is 0 Å². The maximum Gasteiger partial charge on any atom is 0.0585 e. The summed E-state index contributed by atoms with van der Waals surface area (Å²) in [5.41, 5.74) is 2.90. The molecule has 0 unspecified atom stereocenters. The van der Waals surface area contributed by atoms with E-state index >= 15 is 0 Å². The highest BCUT2D eigenvalue weighted by molar-refractivity contribution is 5.26. The molecule has 78 valence electrons. The molecule has 2 aliphatic carbocycles. The Hall–Kier alpha value is -0.560. The highest BCUT2D eigenvalue weighted by Crippen LogP contribution is 2.52. The van der Waals surface area contributed by atoms with Gasteiger partial charge in [0, 0.05) is 0 Å². The Morgan fingerprint density at radius 3 is 3.00 bits per heavy atom. The van der Waals surface area contributed by atoms with Crippen molar-refractivity contribution < 1.29 is 5.11 Å². The zero-order valence-corrected chi connectivity index (χ0v) is 9.21. The number of allylic oxidation sites excluding steroid dienone is 2. The topological polar surface area (TPSA) is 20.2 Å². The summed E-state index contributed by atoms with van der Waals surface area (Å²) in [6.07, 6.45) is 6.29. The number of hydrogen-bond acceptors (Lipinski definition) is 1. The third-order valence-electron chi connectivity index (χ3n) is 4.23. The predicted octanol–water partition coefficient (Wildman–Crippen LogP) is 3.06. The zero-order chi connectivity index (χ0) is 10.3. The second kappa shape index (κ2) is 3.23. The van der Waals surface area contributed by atoms with Gasteiger partial charge >= 0.3 is 0 Å². The first-order valence-electron chi connectivity index (χ1n) is 5.57. The second-order valence-corrected chi connectivity index (χ2v) is 5.15. The highest BCUT2D eigenvalue weighted by atomic mass is 16.3. The monoisotopic (exact) mass is 192 g/mol. The molecule has 2 rings (SSSR count). The van der Waals surface area contributed by atoms with Gasteiger partial charge in [0.2, 0.25) is 0 Å². The first kappa shape index (κ1) is 9.97. The summed E-state index contributed by atoms with van der Waals surface area (Å²) in [7, 11) is 0. The smallest absolute Gasteiger partial charge is 0.0585 e. The molecular weight excluding hydrogens is 172 g/mol. The van der Waals surface area contributed by atoms with Crippen LogP contribution < -0.4 is 0 Å². The molecule has 0 bridgehead atoms. The Labute approximate surface area is 86.5 Å². The van der Waals surface area contributed by atoms with Crippen LogP contribution in [0.25, 0.3) is 0 Å². The zero-order valence-electron chi connectivity index (χ0n) is 9.21. The van der Waals surface area contributed by atoms with E-state index in [-0.39, 0.29) is 11.5 Å². The van der Waals surface area contributed by atoms with E-state index in [9.17, 15) is 5.11 Å². The van der Waals surface area contributed by atoms with Crippen molar-refractivity contribution in [3.05, 3.63) is 23.8 Å². The molecule has 0 aromatic rings. The molecule has 1 N–H and O–H groups in total. The van der Waals surface area contributed by atoms with Gasteiger partial charge in [0.05, 0.1) is 6.10 Å². The molecule has 14 heavy (non-hydrogen) atoms. The molecule has 0 amide bonds. The number of aliphatic hydroxyl groups excluding tert-OH is 1. The summed E-state index contributed by atoms with van der Waals surface area (Å²) in [5.74, 6) is 0.607. The molecule has 0 saturated heterocycles. The highest BCUT2D eigenvalue weighted by Gasteiger charge is 2.43. The van der Waals surface area contributed by atoms with Crippen molar-refractivity contribution in [3.8, 4) is 0 Å². The van der Waals surface area contributed by atoms with Crippen LogP contribution in [-0.2, 0) is 0 Å². The Kier molecular flexibility index (Phi) is 2.30. The van der Waals surface area contributed by atoms with E-state index in [1.54, 1.807) is 0 Å². The van der Waals surface area contributed by atoms with Crippen molar-refractivity contribution in [3.63, 3.8) is 0 Å². The fourth-order valence-electron chi connectivity index (χ4n) is 3.26. The van der Waals surface area contributed by atoms with Crippen LogP contribution in [0, 0.1) is 11.3 Å². The SMILES string of the molecule is C=C1C[C@H](O)C[C@@]2(C)C(C)=CCC[C@H]12. The molecule has 2 aliphatic rings. The molecule has 0 aromatic heterocycles. The molecular formula is C13H20O. The van der Waals surface area contributed by atoms with Crippen molar-refractivity contribution in [2.24, 2.45) is 11.3 Å². The summed E-state index contributed by atoms with van der Waals surface area (Å²) < 4.78 is 0. The summed E-state index contributed by atoms with van der Waals surface area (Å²) in [6, 6.07) is 0. The van der Waals surface area contributed by atoms with E-state index in [1.807, 2.05) is 0 Å². The van der Waals surface area contributed by atoms with Gasteiger partial charge in [-0.2, -0.15) is 0 Å².